The van der Waals surface area contributed by atoms with Gasteiger partial charge in [0.05, 0.1) is 14.2 Å². The number of nitrogens with one attached hydrogen (secondary N) is 1. The Bertz CT molecular complexity index is 698. The quantitative estimate of drug-likeness (QED) is 0.773. The zero-order valence-corrected chi connectivity index (χ0v) is 15.8. The van der Waals surface area contributed by atoms with Crippen molar-refractivity contribution in [1.82, 2.24) is 15.0 Å². The van der Waals surface area contributed by atoms with Gasteiger partial charge in [0.1, 0.15) is 0 Å². The summed E-state index contributed by atoms with van der Waals surface area (Å²) in [5.41, 5.74) is 0.818. The van der Waals surface area contributed by atoms with E-state index >= 15 is 0 Å². The van der Waals surface area contributed by atoms with Gasteiger partial charge in [-0.25, -0.2) is 0 Å². The van der Waals surface area contributed by atoms with Gasteiger partial charge in [-0.1, -0.05) is 24.4 Å². The maximum absolute atomic E-state index is 5.32. The van der Waals surface area contributed by atoms with Gasteiger partial charge < -0.3 is 24.2 Å². The predicted molar refractivity (Wildman–Crippen MR) is 101 cm³/mol. The Hall–Kier alpha value is -2.28. The van der Waals surface area contributed by atoms with Crippen molar-refractivity contribution in [3.05, 3.63) is 18.2 Å². The van der Waals surface area contributed by atoms with Gasteiger partial charge in [0.2, 0.25) is 5.82 Å². The van der Waals surface area contributed by atoms with Crippen LogP contribution in [0.5, 0.6) is 11.5 Å². The van der Waals surface area contributed by atoms with Crippen molar-refractivity contribution < 1.29 is 14.0 Å². The Kier molecular flexibility index (Phi) is 6.33. The molecule has 0 atom stereocenters. The van der Waals surface area contributed by atoms with Gasteiger partial charge in [-0.3, -0.25) is 0 Å². The van der Waals surface area contributed by atoms with Crippen molar-refractivity contribution in [2.24, 2.45) is 0 Å². The molecule has 7 nitrogen and oxygen atoms in total. The van der Waals surface area contributed by atoms with Crippen LogP contribution in [0, 0.1) is 0 Å². The number of methoxy groups -OCH3 is 2. The highest BCUT2D eigenvalue weighted by Crippen LogP contribution is 2.31. The van der Waals surface area contributed by atoms with E-state index in [9.17, 15) is 0 Å². The summed E-state index contributed by atoms with van der Waals surface area (Å²) in [6.07, 6.45) is 6.69. The first-order chi connectivity index (χ1) is 12.7. The predicted octanol–water partition coefficient (Wildman–Crippen LogP) is 3.43. The maximum Gasteiger partial charge on any atom is 0.321 e. The lowest BCUT2D eigenvalue weighted by Gasteiger charge is -2.31. The molecule has 0 aliphatic heterocycles. The van der Waals surface area contributed by atoms with Crippen LogP contribution in [-0.2, 0) is 0 Å². The summed E-state index contributed by atoms with van der Waals surface area (Å²) in [7, 11) is 5.41. The van der Waals surface area contributed by atoms with Crippen LogP contribution in [0.2, 0.25) is 0 Å². The minimum atomic E-state index is 0.437. The van der Waals surface area contributed by atoms with E-state index in [2.05, 4.69) is 27.4 Å². The van der Waals surface area contributed by atoms with Crippen LogP contribution in [0.4, 0.5) is 6.01 Å². The molecule has 1 aromatic heterocycles. The standard InChI is InChI=1S/C19H28N4O3/c1-23(15-7-5-4-6-8-15)12-11-20-19-21-18(22-26-19)14-9-10-16(24-2)17(13-14)25-3/h9-10,13,15H,4-8,11-12H2,1-3H3,(H,20,21,22). The molecule has 142 valence electrons. The zero-order valence-electron chi connectivity index (χ0n) is 15.8. The van der Waals surface area contributed by atoms with Crippen LogP contribution in [0.3, 0.4) is 0 Å². The van der Waals surface area contributed by atoms with Crippen molar-refractivity contribution in [2.75, 3.05) is 39.7 Å². The van der Waals surface area contributed by atoms with E-state index in [1.807, 2.05) is 18.2 Å². The first kappa shape index (κ1) is 18.5. The van der Waals surface area contributed by atoms with E-state index in [0.717, 1.165) is 18.7 Å². The first-order valence-corrected chi connectivity index (χ1v) is 9.21. The number of hydrogen-bond acceptors (Lipinski definition) is 7. The molecule has 0 unspecified atom stereocenters. The zero-order chi connectivity index (χ0) is 18.4. The van der Waals surface area contributed by atoms with Gasteiger partial charge in [-0.2, -0.15) is 4.98 Å². The van der Waals surface area contributed by atoms with Gasteiger partial charge >= 0.3 is 6.01 Å². The number of rotatable bonds is 8. The molecule has 2 aromatic rings. The fourth-order valence-corrected chi connectivity index (χ4v) is 3.43. The van der Waals surface area contributed by atoms with E-state index < -0.39 is 0 Å². The van der Waals surface area contributed by atoms with Crippen LogP contribution < -0.4 is 14.8 Å². The van der Waals surface area contributed by atoms with Crippen LogP contribution in [0.25, 0.3) is 11.4 Å². The lowest BCUT2D eigenvalue weighted by atomic mass is 9.94. The monoisotopic (exact) mass is 360 g/mol. The van der Waals surface area contributed by atoms with Gasteiger partial charge in [-0.05, 0) is 38.1 Å². The van der Waals surface area contributed by atoms with Gasteiger partial charge in [-0.15, -0.1) is 0 Å². The van der Waals surface area contributed by atoms with Crippen molar-refractivity contribution in [3.63, 3.8) is 0 Å². The molecular weight excluding hydrogens is 332 g/mol. The Balaban J connectivity index is 1.54. The summed E-state index contributed by atoms with van der Waals surface area (Å²) in [5, 5.41) is 7.26. The SMILES string of the molecule is COc1ccc(-c2noc(NCCN(C)C3CCCCC3)n2)cc1OC. The molecule has 0 saturated heterocycles. The molecule has 0 amide bonds. The summed E-state index contributed by atoms with van der Waals surface area (Å²) in [6, 6.07) is 6.69. The summed E-state index contributed by atoms with van der Waals surface area (Å²) >= 11 is 0. The second-order valence-electron chi connectivity index (χ2n) is 6.69. The van der Waals surface area contributed by atoms with E-state index in [4.69, 9.17) is 14.0 Å². The molecule has 1 N–H and O–H groups in total. The highest BCUT2D eigenvalue weighted by Gasteiger charge is 2.18. The van der Waals surface area contributed by atoms with Crippen molar-refractivity contribution >= 4 is 6.01 Å². The first-order valence-electron chi connectivity index (χ1n) is 9.21. The van der Waals surface area contributed by atoms with E-state index in [1.165, 1.54) is 32.1 Å². The molecule has 26 heavy (non-hydrogen) atoms. The number of ether oxygens (including phenoxy) is 2. The van der Waals surface area contributed by atoms with Crippen molar-refractivity contribution in [3.8, 4) is 22.9 Å². The molecule has 1 aromatic carbocycles. The fourth-order valence-electron chi connectivity index (χ4n) is 3.43. The molecule has 3 rings (SSSR count). The number of likely N-dealkylation sites (N-methyl/N-ethyl adjacent to an activating group) is 1. The molecule has 0 spiro atoms. The second kappa shape index (κ2) is 8.89. The number of benzene rings is 1. The van der Waals surface area contributed by atoms with Crippen molar-refractivity contribution in [1.29, 1.82) is 0 Å². The summed E-state index contributed by atoms with van der Waals surface area (Å²) < 4.78 is 15.9. The number of hydrogen-bond donors (Lipinski definition) is 1. The Labute approximate surface area is 154 Å². The molecule has 1 fully saturated rings. The highest BCUT2D eigenvalue weighted by atomic mass is 16.5. The molecule has 7 heteroatoms. The van der Waals surface area contributed by atoms with Crippen LogP contribution in [-0.4, -0.2) is 55.4 Å². The topological polar surface area (TPSA) is 72.7 Å². The Morgan fingerprint density at radius 2 is 1.92 bits per heavy atom. The van der Waals surface area contributed by atoms with E-state index in [1.54, 1.807) is 14.2 Å². The van der Waals surface area contributed by atoms with Gasteiger partial charge in [0, 0.05) is 24.7 Å². The molecule has 1 saturated carbocycles. The summed E-state index contributed by atoms with van der Waals surface area (Å²) in [5.74, 6) is 1.83. The van der Waals surface area contributed by atoms with Crippen LogP contribution in [0.15, 0.2) is 22.7 Å². The van der Waals surface area contributed by atoms with Gasteiger partial charge in [0.25, 0.3) is 0 Å². The molecule has 0 radical (unpaired) electrons. The van der Waals surface area contributed by atoms with Crippen molar-refractivity contribution in [2.45, 2.75) is 38.1 Å². The lowest BCUT2D eigenvalue weighted by Crippen LogP contribution is -2.36. The minimum Gasteiger partial charge on any atom is -0.493 e. The van der Waals surface area contributed by atoms with Gasteiger partial charge in [0.15, 0.2) is 11.5 Å². The van der Waals surface area contributed by atoms with Crippen LogP contribution >= 0.6 is 0 Å². The number of anilines is 1. The Morgan fingerprint density at radius 3 is 2.65 bits per heavy atom. The van der Waals surface area contributed by atoms with E-state index in [0.29, 0.717) is 29.4 Å². The second-order valence-corrected chi connectivity index (χ2v) is 6.69. The number of aromatic nitrogens is 2. The fraction of sp³-hybridized carbons (Fsp3) is 0.579. The minimum absolute atomic E-state index is 0.437. The third-order valence-electron chi connectivity index (χ3n) is 5.01. The largest absolute Gasteiger partial charge is 0.493 e. The third-order valence-corrected chi connectivity index (χ3v) is 5.01. The molecule has 1 aliphatic rings. The molecule has 1 aliphatic carbocycles. The summed E-state index contributed by atoms with van der Waals surface area (Å²) in [6.45, 7) is 1.74. The Morgan fingerprint density at radius 1 is 1.15 bits per heavy atom. The highest BCUT2D eigenvalue weighted by molar-refractivity contribution is 5.61. The smallest absolute Gasteiger partial charge is 0.321 e. The average molecular weight is 360 g/mol. The molecule has 0 bridgehead atoms. The van der Waals surface area contributed by atoms with Crippen LogP contribution in [0.1, 0.15) is 32.1 Å². The number of nitrogens with zero attached hydrogens (tertiary/aromatic N) is 3. The normalized spacial score (nSPS) is 15.2. The lowest BCUT2D eigenvalue weighted by molar-refractivity contribution is 0.197. The average Bonchev–Trinajstić information content (AvgIpc) is 3.17. The summed E-state index contributed by atoms with van der Waals surface area (Å²) in [4.78, 5) is 6.85. The maximum atomic E-state index is 5.32. The molecular formula is C19H28N4O3. The molecule has 1 heterocycles. The third kappa shape index (κ3) is 4.46. The van der Waals surface area contributed by atoms with E-state index in [-0.39, 0.29) is 0 Å².